The number of anilines is 2. The van der Waals surface area contributed by atoms with Crippen LogP contribution >= 0.6 is 23.1 Å². The van der Waals surface area contributed by atoms with Crippen molar-refractivity contribution >= 4 is 63.0 Å². The Morgan fingerprint density at radius 2 is 1.63 bits per heavy atom. The number of carbonyl (C=O) groups is 3. The number of fused-ring (bicyclic) bond motifs is 10. The predicted molar refractivity (Wildman–Crippen MR) is 198 cm³/mol. The third-order valence-corrected chi connectivity index (χ3v) is 13.8. The van der Waals surface area contributed by atoms with Crippen LogP contribution in [0.4, 0.5) is 24.5 Å². The van der Waals surface area contributed by atoms with Gasteiger partial charge in [-0.3, -0.25) is 19.2 Å². The number of amides is 3. The largest absolute Gasteiger partial charge is 0.490 e. The zero-order valence-corrected chi connectivity index (χ0v) is 30.2. The first kappa shape index (κ1) is 34.7. The fraction of sp³-hybridized carbons (Fsp3) is 0.300. The van der Waals surface area contributed by atoms with Crippen molar-refractivity contribution in [1.29, 1.82) is 0 Å². The van der Waals surface area contributed by atoms with E-state index in [0.717, 1.165) is 43.5 Å². The zero-order valence-electron chi connectivity index (χ0n) is 28.6. The maximum Gasteiger partial charge on any atom is 0.418 e. The number of aromatic nitrogens is 1. The minimum absolute atomic E-state index is 0.168. The Balaban J connectivity index is 1.01. The number of hydrogen-bond acceptors (Lipinski definition) is 8. The van der Waals surface area contributed by atoms with Crippen LogP contribution in [0.25, 0.3) is 10.8 Å². The number of aromatic amines is 1. The van der Waals surface area contributed by atoms with Crippen LogP contribution in [0.3, 0.4) is 0 Å². The van der Waals surface area contributed by atoms with Crippen molar-refractivity contribution in [2.75, 3.05) is 23.4 Å². The molecule has 0 radical (unpaired) electrons. The van der Waals surface area contributed by atoms with E-state index in [1.54, 1.807) is 6.07 Å². The number of nitrogens with one attached hydrogen (secondary N) is 2. The molecular formula is C40H32F3N3O6S2. The van der Waals surface area contributed by atoms with E-state index in [9.17, 15) is 32.3 Å². The molecule has 2 aliphatic heterocycles. The fourth-order valence-corrected chi connectivity index (χ4v) is 12.1. The van der Waals surface area contributed by atoms with Gasteiger partial charge in [-0.2, -0.15) is 13.2 Å². The molecule has 9 rings (SSSR count). The Morgan fingerprint density at radius 1 is 0.889 bits per heavy atom. The molecule has 3 fully saturated rings. The molecule has 2 aliphatic carbocycles. The van der Waals surface area contributed by atoms with Crippen molar-refractivity contribution in [2.24, 2.45) is 29.6 Å². The molecule has 1 aromatic heterocycles. The molecule has 7 atom stereocenters. The Hall–Kier alpha value is -5.08. The number of thiazole rings is 1. The number of para-hydroxylation sites is 1. The van der Waals surface area contributed by atoms with Crippen LogP contribution in [-0.4, -0.2) is 41.2 Å². The van der Waals surface area contributed by atoms with Crippen LogP contribution in [0.5, 0.6) is 11.5 Å². The average Bonchev–Trinajstić information content (AvgIpc) is 3.89. The highest BCUT2D eigenvalue weighted by atomic mass is 32.2. The number of benzene rings is 4. The highest BCUT2D eigenvalue weighted by molar-refractivity contribution is 8.00. The monoisotopic (exact) mass is 771 g/mol. The summed E-state index contributed by atoms with van der Waals surface area (Å²) in [6, 6.07) is 23.6. The Kier molecular flexibility index (Phi) is 8.38. The van der Waals surface area contributed by atoms with Gasteiger partial charge in [0, 0.05) is 21.7 Å². The van der Waals surface area contributed by atoms with Gasteiger partial charge in [0.25, 0.3) is 5.91 Å². The lowest BCUT2D eigenvalue weighted by Crippen LogP contribution is -2.42. The molecule has 1 saturated heterocycles. The third kappa shape index (κ3) is 5.60. The van der Waals surface area contributed by atoms with Gasteiger partial charge < -0.3 is 19.8 Å². The number of halogens is 3. The number of thioether (sulfide) groups is 1. The third-order valence-electron chi connectivity index (χ3n) is 11.2. The second-order valence-corrected chi connectivity index (χ2v) is 16.2. The molecule has 4 aliphatic rings. The summed E-state index contributed by atoms with van der Waals surface area (Å²) < 4.78 is 54.2. The van der Waals surface area contributed by atoms with E-state index in [1.165, 1.54) is 30.0 Å². The molecule has 2 N–H and O–H groups in total. The van der Waals surface area contributed by atoms with Crippen molar-refractivity contribution in [3.05, 3.63) is 111 Å². The van der Waals surface area contributed by atoms with E-state index in [-0.39, 0.29) is 46.3 Å². The van der Waals surface area contributed by atoms with Gasteiger partial charge in [0.2, 0.25) is 11.8 Å². The summed E-state index contributed by atoms with van der Waals surface area (Å²) in [5, 5.41) is 5.44. The molecule has 54 heavy (non-hydrogen) atoms. The van der Waals surface area contributed by atoms with E-state index in [2.05, 4.69) is 10.3 Å². The Bertz CT molecular complexity index is 2410. The lowest BCUT2D eigenvalue weighted by atomic mass is 9.68. The highest BCUT2D eigenvalue weighted by Crippen LogP contribution is 2.69. The number of carbonyl (C=O) groups excluding carboxylic acids is 3. The van der Waals surface area contributed by atoms with Gasteiger partial charge in [-0.15, -0.1) is 11.8 Å². The van der Waals surface area contributed by atoms with E-state index < -0.39 is 41.1 Å². The molecule has 4 unspecified atom stereocenters. The molecule has 9 nitrogen and oxygen atoms in total. The summed E-state index contributed by atoms with van der Waals surface area (Å²) in [4.78, 5) is 58.1. The van der Waals surface area contributed by atoms with Crippen molar-refractivity contribution in [1.82, 2.24) is 4.98 Å². The normalized spacial score (nSPS) is 25.4. The first-order valence-electron chi connectivity index (χ1n) is 17.6. The molecule has 0 spiro atoms. The van der Waals surface area contributed by atoms with E-state index >= 15 is 0 Å². The number of rotatable bonds is 8. The standard InChI is InChI=1S/C40H32F3N3O6S2/c1-2-51-28-16-21(12-14-27(28)52-18-29(47)44-22-13-11-19-7-3-4-8-20(19)15-22)30-31-23-17-24(34(31)53-36-35(30)54-39(50)45-36)33-32(23)37(48)46(38(33)49)26-10-6-5-9-25(26)40(41,42)43/h3-16,23-24,30-34H,2,17-18H2,1H3,(H,44,47)(H,45,50)/t23-,24-,30-,31?,32?,33?,34?/m1/s1. The molecule has 3 amide bonds. The van der Waals surface area contributed by atoms with E-state index in [4.69, 9.17) is 9.47 Å². The zero-order chi connectivity index (χ0) is 37.5. The molecule has 276 valence electrons. The van der Waals surface area contributed by atoms with Crippen molar-refractivity contribution in [3.8, 4) is 11.5 Å². The number of ether oxygens (including phenoxy) is 2. The van der Waals surface area contributed by atoms with Crippen molar-refractivity contribution in [3.63, 3.8) is 0 Å². The number of nitrogens with zero attached hydrogens (tertiary/aromatic N) is 1. The maximum absolute atomic E-state index is 14.1. The lowest BCUT2D eigenvalue weighted by molar-refractivity contribution is -0.137. The second-order valence-electron chi connectivity index (χ2n) is 14.0. The van der Waals surface area contributed by atoms with Gasteiger partial charge in [0.15, 0.2) is 18.1 Å². The lowest BCUT2D eigenvalue weighted by Gasteiger charge is -2.43. The molecular weight excluding hydrogens is 740 g/mol. The van der Waals surface area contributed by atoms with Crippen LogP contribution in [0.1, 0.15) is 35.3 Å². The Morgan fingerprint density at radius 3 is 2.41 bits per heavy atom. The van der Waals surface area contributed by atoms with Gasteiger partial charge in [0.1, 0.15) is 0 Å². The predicted octanol–water partition coefficient (Wildman–Crippen LogP) is 7.70. The van der Waals surface area contributed by atoms with Gasteiger partial charge in [0.05, 0.1) is 34.7 Å². The van der Waals surface area contributed by atoms with Gasteiger partial charge >= 0.3 is 11.0 Å². The first-order chi connectivity index (χ1) is 26.0. The summed E-state index contributed by atoms with van der Waals surface area (Å²) in [5.41, 5.74) is -0.0250. The molecule has 2 saturated carbocycles. The number of hydrogen-bond donors (Lipinski definition) is 2. The van der Waals surface area contributed by atoms with Crippen LogP contribution in [0.15, 0.2) is 94.7 Å². The smallest absolute Gasteiger partial charge is 0.418 e. The topological polar surface area (TPSA) is 118 Å². The van der Waals surface area contributed by atoms with Crippen LogP contribution < -0.4 is 24.6 Å². The first-order valence-corrected chi connectivity index (χ1v) is 19.3. The van der Waals surface area contributed by atoms with Crippen LogP contribution in [-0.2, 0) is 20.6 Å². The summed E-state index contributed by atoms with van der Waals surface area (Å²) in [5.74, 6) is -3.48. The van der Waals surface area contributed by atoms with Crippen LogP contribution in [0.2, 0.25) is 0 Å². The fourth-order valence-electron chi connectivity index (χ4n) is 9.25. The van der Waals surface area contributed by atoms with Gasteiger partial charge in [-0.1, -0.05) is 59.9 Å². The van der Waals surface area contributed by atoms with Gasteiger partial charge in [-0.05, 0) is 83.8 Å². The molecule has 4 aromatic carbocycles. The SMILES string of the molecule is CCOc1cc([C@H]2c3sc(=O)[nH]c3SC3C2[C@H]2C[C@@H]3C3C(=O)N(c4ccccc4C(F)(F)F)C(=O)C32)ccc1OCC(=O)Nc1ccc2ccccc2c1. The highest BCUT2D eigenvalue weighted by Gasteiger charge is 2.70. The molecule has 2 bridgehead atoms. The average molecular weight is 772 g/mol. The number of H-pyrrole nitrogens is 1. The summed E-state index contributed by atoms with van der Waals surface area (Å²) in [6.45, 7) is 1.85. The van der Waals surface area contributed by atoms with Crippen molar-refractivity contribution in [2.45, 2.75) is 35.7 Å². The van der Waals surface area contributed by atoms with E-state index in [0.29, 0.717) is 35.2 Å². The molecule has 3 heterocycles. The van der Waals surface area contributed by atoms with Crippen molar-refractivity contribution < 1.29 is 37.0 Å². The maximum atomic E-state index is 14.1. The summed E-state index contributed by atoms with van der Waals surface area (Å²) >= 11 is 2.58. The summed E-state index contributed by atoms with van der Waals surface area (Å²) in [7, 11) is 0. The molecule has 5 aromatic rings. The van der Waals surface area contributed by atoms with E-state index in [1.807, 2.05) is 61.5 Å². The number of imide groups is 1. The van der Waals surface area contributed by atoms with Gasteiger partial charge in [-0.25, -0.2) is 4.90 Å². The minimum Gasteiger partial charge on any atom is -0.490 e. The quantitative estimate of drug-likeness (QED) is 0.155. The molecule has 14 heteroatoms. The number of alkyl halides is 3. The minimum atomic E-state index is -4.75. The second kappa shape index (κ2) is 13.0. The van der Waals surface area contributed by atoms with Crippen LogP contribution in [0, 0.1) is 29.6 Å². The Labute approximate surface area is 314 Å². The summed E-state index contributed by atoms with van der Waals surface area (Å²) in [6.07, 6.45) is -4.18.